The van der Waals surface area contributed by atoms with Crippen LogP contribution < -0.4 is 21.7 Å². The van der Waals surface area contributed by atoms with Crippen LogP contribution in [-0.4, -0.2) is 85.0 Å². The molecule has 2 saturated heterocycles. The number of rotatable bonds is 8. The number of nitrogens with zero attached hydrogens (tertiary/aromatic N) is 1. The predicted molar refractivity (Wildman–Crippen MR) is 115 cm³/mol. The van der Waals surface area contributed by atoms with Crippen molar-refractivity contribution in [1.29, 1.82) is 0 Å². The number of carbonyl (C=O) groups excluding carboxylic acids is 5. The molecule has 0 saturated carbocycles. The van der Waals surface area contributed by atoms with Crippen LogP contribution in [0.15, 0.2) is 0 Å². The molecule has 0 bridgehead atoms. The zero-order chi connectivity index (χ0) is 26.7. The summed E-state index contributed by atoms with van der Waals surface area (Å²) < 4.78 is 43.9. The van der Waals surface area contributed by atoms with Crippen LogP contribution in [0.3, 0.4) is 0 Å². The van der Waals surface area contributed by atoms with Crippen LogP contribution in [0.5, 0.6) is 0 Å². The van der Waals surface area contributed by atoms with Crippen LogP contribution in [0.1, 0.15) is 40.0 Å². The predicted octanol–water partition coefficient (Wildman–Crippen LogP) is -0.808. The average molecular weight is 508 g/mol. The lowest BCUT2D eigenvalue weighted by Gasteiger charge is -2.35. The van der Waals surface area contributed by atoms with E-state index in [4.69, 9.17) is 10.5 Å². The number of nitrogens with one attached hydrogen (secondary N) is 3. The highest BCUT2D eigenvalue weighted by Gasteiger charge is 2.48. The molecule has 2 rings (SSSR count). The van der Waals surface area contributed by atoms with Gasteiger partial charge in [0.2, 0.25) is 23.6 Å². The van der Waals surface area contributed by atoms with Crippen LogP contribution >= 0.6 is 0 Å². The average Bonchev–Trinajstić information content (AvgIpc) is 3.35. The molecule has 11 nitrogen and oxygen atoms in total. The van der Waals surface area contributed by atoms with Gasteiger partial charge in [-0.3, -0.25) is 24.0 Å². The second-order valence-electron chi connectivity index (χ2n) is 9.85. The Morgan fingerprint density at radius 3 is 2.29 bits per heavy atom. The van der Waals surface area contributed by atoms with Gasteiger partial charge < -0.3 is 31.3 Å². The van der Waals surface area contributed by atoms with E-state index in [1.54, 1.807) is 5.32 Å². The highest BCUT2D eigenvalue weighted by Crippen LogP contribution is 2.28. The zero-order valence-electron chi connectivity index (χ0n) is 20.0. The van der Waals surface area contributed by atoms with Crippen molar-refractivity contribution in [2.45, 2.75) is 70.4 Å². The van der Waals surface area contributed by atoms with Gasteiger partial charge in [-0.2, -0.15) is 13.2 Å². The molecule has 14 heteroatoms. The maximum absolute atomic E-state index is 13.3. The maximum atomic E-state index is 13.3. The van der Waals surface area contributed by atoms with Crippen LogP contribution in [0, 0.1) is 11.3 Å². The summed E-state index contributed by atoms with van der Waals surface area (Å²) in [5.41, 5.74) is 4.28. The van der Waals surface area contributed by atoms with Crippen molar-refractivity contribution in [3.05, 3.63) is 0 Å². The van der Waals surface area contributed by atoms with E-state index < -0.39 is 65.4 Å². The largest absolute Gasteiger partial charge is 0.471 e. The lowest BCUT2D eigenvalue weighted by molar-refractivity contribution is -0.176. The lowest BCUT2D eigenvalue weighted by atomic mass is 9.85. The molecular formula is C21H32F3N5O6. The minimum Gasteiger partial charge on any atom is -0.380 e. The Bertz CT molecular complexity index is 859. The number of halogens is 3. The van der Waals surface area contributed by atoms with E-state index in [1.807, 2.05) is 0 Å². The molecule has 2 fully saturated rings. The van der Waals surface area contributed by atoms with Crippen molar-refractivity contribution in [3.63, 3.8) is 0 Å². The summed E-state index contributed by atoms with van der Waals surface area (Å²) in [5.74, 6) is -5.62. The third-order valence-electron chi connectivity index (χ3n) is 6.17. The number of nitrogens with two attached hydrogens (primary N) is 1. The number of amides is 5. The van der Waals surface area contributed by atoms with Crippen LogP contribution in [0.25, 0.3) is 0 Å². The Labute approximate surface area is 200 Å². The molecule has 0 spiro atoms. The molecule has 5 atom stereocenters. The molecule has 35 heavy (non-hydrogen) atoms. The van der Waals surface area contributed by atoms with Gasteiger partial charge in [-0.25, -0.2) is 0 Å². The molecule has 2 heterocycles. The van der Waals surface area contributed by atoms with Crippen LogP contribution in [0.2, 0.25) is 0 Å². The topological polar surface area (TPSA) is 160 Å². The van der Waals surface area contributed by atoms with Gasteiger partial charge in [0.25, 0.3) is 0 Å². The summed E-state index contributed by atoms with van der Waals surface area (Å²) >= 11 is 0. The summed E-state index contributed by atoms with van der Waals surface area (Å²) in [7, 11) is 1.35. The third kappa shape index (κ3) is 7.05. The first-order valence-electron chi connectivity index (χ1n) is 11.1. The monoisotopic (exact) mass is 507 g/mol. The van der Waals surface area contributed by atoms with E-state index in [9.17, 15) is 37.1 Å². The fourth-order valence-electron chi connectivity index (χ4n) is 4.16. The fourth-order valence-corrected chi connectivity index (χ4v) is 4.16. The summed E-state index contributed by atoms with van der Waals surface area (Å²) in [6.07, 6.45) is -5.38. The zero-order valence-corrected chi connectivity index (χ0v) is 20.0. The molecule has 0 radical (unpaired) electrons. The smallest absolute Gasteiger partial charge is 0.380 e. The molecule has 2 aliphatic heterocycles. The molecule has 0 aliphatic carbocycles. The van der Waals surface area contributed by atoms with Gasteiger partial charge in [-0.05, 0) is 18.3 Å². The number of methoxy groups -OCH3 is 1. The number of carbonyl (C=O) groups is 5. The van der Waals surface area contributed by atoms with Gasteiger partial charge in [0.15, 0.2) is 0 Å². The van der Waals surface area contributed by atoms with Gasteiger partial charge in [0, 0.05) is 32.5 Å². The molecule has 2 aliphatic rings. The van der Waals surface area contributed by atoms with E-state index >= 15 is 0 Å². The van der Waals surface area contributed by atoms with Gasteiger partial charge in [-0.15, -0.1) is 0 Å². The normalized spacial score (nSPS) is 24.5. The molecule has 198 valence electrons. The van der Waals surface area contributed by atoms with Crippen molar-refractivity contribution < 1.29 is 41.9 Å². The molecule has 0 aromatic carbocycles. The standard InChI is InChI=1S/C21H32F3N5O6/c1-20(2,3)14(28-19(34)21(22,23)24)18(33)29-9-11(35-4)8-13(29)17(32)27-12(15(25)30)7-10-5-6-26-16(10)31/h10-14H,5-9H2,1-4H3,(H2,25,30)(H,26,31)(H,27,32)(H,28,34)/t10-,11-,12?,13-,14?/m0/s1. The second-order valence-corrected chi connectivity index (χ2v) is 9.85. The number of hydrogen-bond acceptors (Lipinski definition) is 6. The van der Waals surface area contributed by atoms with E-state index in [-0.39, 0.29) is 25.3 Å². The Hall–Kier alpha value is -2.90. The molecule has 2 unspecified atom stereocenters. The summed E-state index contributed by atoms with van der Waals surface area (Å²) in [6, 6.07) is -3.99. The third-order valence-corrected chi connectivity index (χ3v) is 6.17. The summed E-state index contributed by atoms with van der Waals surface area (Å²) in [6.45, 7) is 4.73. The number of likely N-dealkylation sites (tertiary alicyclic amines) is 1. The molecule has 0 aromatic heterocycles. The first-order valence-corrected chi connectivity index (χ1v) is 11.1. The number of alkyl halides is 3. The van der Waals surface area contributed by atoms with Crippen LogP contribution in [-0.2, 0) is 28.7 Å². The van der Waals surface area contributed by atoms with Gasteiger partial charge in [0.05, 0.1) is 6.10 Å². The first-order chi connectivity index (χ1) is 16.1. The Morgan fingerprint density at radius 1 is 1.20 bits per heavy atom. The minimum atomic E-state index is -5.21. The highest BCUT2D eigenvalue weighted by atomic mass is 19.4. The SMILES string of the molecule is CO[C@H]1C[C@@H](C(=O)NC(C[C@@H]2CCNC2=O)C(N)=O)N(C(=O)C(NC(=O)C(F)(F)F)C(C)(C)C)C1. The molecule has 5 amide bonds. The van der Waals surface area contributed by atoms with Crippen molar-refractivity contribution in [2.75, 3.05) is 20.2 Å². The van der Waals surface area contributed by atoms with Crippen molar-refractivity contribution in [2.24, 2.45) is 17.1 Å². The van der Waals surface area contributed by atoms with Crippen molar-refractivity contribution in [3.8, 4) is 0 Å². The van der Waals surface area contributed by atoms with E-state index in [0.717, 1.165) is 4.90 Å². The summed E-state index contributed by atoms with van der Waals surface area (Å²) in [4.78, 5) is 62.9. The number of ether oxygens (including phenoxy) is 1. The maximum Gasteiger partial charge on any atom is 0.471 e. The molecule has 0 aromatic rings. The second kappa shape index (κ2) is 10.8. The van der Waals surface area contributed by atoms with Crippen molar-refractivity contribution >= 4 is 29.5 Å². The van der Waals surface area contributed by atoms with E-state index in [1.165, 1.54) is 27.9 Å². The van der Waals surface area contributed by atoms with Gasteiger partial charge >= 0.3 is 12.1 Å². The van der Waals surface area contributed by atoms with Crippen molar-refractivity contribution in [1.82, 2.24) is 20.9 Å². The van der Waals surface area contributed by atoms with Crippen LogP contribution in [0.4, 0.5) is 13.2 Å². The Balaban J connectivity index is 2.24. The number of primary amides is 1. The molecule has 5 N–H and O–H groups in total. The Morgan fingerprint density at radius 2 is 1.83 bits per heavy atom. The lowest BCUT2D eigenvalue weighted by Crippen LogP contribution is -2.60. The highest BCUT2D eigenvalue weighted by molar-refractivity contribution is 5.95. The molecular weight excluding hydrogens is 475 g/mol. The fraction of sp³-hybridized carbons (Fsp3) is 0.762. The van der Waals surface area contributed by atoms with E-state index in [2.05, 4.69) is 10.6 Å². The summed E-state index contributed by atoms with van der Waals surface area (Å²) in [5, 5.41) is 6.82. The number of hydrogen-bond donors (Lipinski definition) is 4. The van der Waals surface area contributed by atoms with Gasteiger partial charge in [-0.1, -0.05) is 20.8 Å². The Kier molecular flexibility index (Phi) is 8.74. The van der Waals surface area contributed by atoms with Gasteiger partial charge in [0.1, 0.15) is 18.1 Å². The minimum absolute atomic E-state index is 0.00749. The first kappa shape index (κ1) is 28.3. The quantitative estimate of drug-likeness (QED) is 0.336. The van der Waals surface area contributed by atoms with E-state index in [0.29, 0.717) is 13.0 Å².